The zero-order chi connectivity index (χ0) is 13.0. The van der Waals surface area contributed by atoms with Gasteiger partial charge in [-0.3, -0.25) is 0 Å². The molecule has 1 unspecified atom stereocenters. The Kier molecular flexibility index (Phi) is 5.39. The molecule has 1 saturated heterocycles. The number of benzene rings is 1. The number of hydrogen-bond donors (Lipinski definition) is 1. The van der Waals surface area contributed by atoms with Gasteiger partial charge < -0.3 is 10.2 Å². The summed E-state index contributed by atoms with van der Waals surface area (Å²) in [6.07, 6.45) is 1.26. The molecular weight excluding hydrogens is 308 g/mol. The average Bonchev–Trinajstić information content (AvgIpc) is 2.39. The van der Waals surface area contributed by atoms with E-state index in [1.807, 2.05) is 7.05 Å². The summed E-state index contributed by atoms with van der Waals surface area (Å²) in [4.78, 5) is 2.51. The molecule has 1 aliphatic rings. The van der Waals surface area contributed by atoms with E-state index in [0.717, 1.165) is 18.3 Å². The van der Waals surface area contributed by atoms with Crippen molar-refractivity contribution in [2.24, 2.45) is 0 Å². The van der Waals surface area contributed by atoms with Crippen molar-refractivity contribution in [3.63, 3.8) is 0 Å². The second-order valence-electron chi connectivity index (χ2n) is 4.66. The number of anilines is 1. The lowest BCUT2D eigenvalue weighted by Gasteiger charge is -2.34. The second-order valence-corrected chi connectivity index (χ2v) is 6.93. The molecule has 0 spiro atoms. The van der Waals surface area contributed by atoms with Crippen LogP contribution in [0, 0.1) is 0 Å². The van der Waals surface area contributed by atoms with Crippen LogP contribution >= 0.6 is 27.7 Å². The largest absolute Gasteiger partial charge is 0.369 e. The molecule has 2 nitrogen and oxygen atoms in total. The monoisotopic (exact) mass is 328 g/mol. The fourth-order valence-electron chi connectivity index (χ4n) is 2.31. The Morgan fingerprint density at radius 3 is 3.00 bits per heavy atom. The summed E-state index contributed by atoms with van der Waals surface area (Å²) in [5.41, 5.74) is 2.67. The highest BCUT2D eigenvalue weighted by Crippen LogP contribution is 2.31. The summed E-state index contributed by atoms with van der Waals surface area (Å²) in [6, 6.07) is 6.70. The molecule has 100 valence electrons. The van der Waals surface area contributed by atoms with Crippen molar-refractivity contribution < 1.29 is 0 Å². The van der Waals surface area contributed by atoms with Gasteiger partial charge in [0.1, 0.15) is 0 Å². The lowest BCUT2D eigenvalue weighted by molar-refractivity contribution is 0.726. The third-order valence-corrected chi connectivity index (χ3v) is 5.34. The van der Waals surface area contributed by atoms with Crippen LogP contribution in [0.15, 0.2) is 22.7 Å². The Morgan fingerprint density at radius 2 is 2.33 bits per heavy atom. The number of halogens is 1. The van der Waals surface area contributed by atoms with Crippen molar-refractivity contribution in [2.75, 3.05) is 30.8 Å². The normalized spacial score (nSPS) is 20.2. The van der Waals surface area contributed by atoms with E-state index < -0.39 is 0 Å². The van der Waals surface area contributed by atoms with Crippen LogP contribution in [0.25, 0.3) is 0 Å². The van der Waals surface area contributed by atoms with Crippen LogP contribution in [-0.2, 0) is 6.54 Å². The van der Waals surface area contributed by atoms with Crippen LogP contribution in [0.1, 0.15) is 18.9 Å². The predicted octanol–water partition coefficient (Wildman–Crippen LogP) is 3.50. The molecule has 1 fully saturated rings. The highest BCUT2D eigenvalue weighted by Gasteiger charge is 2.20. The minimum atomic E-state index is 0.780. The minimum absolute atomic E-state index is 0.780. The summed E-state index contributed by atoms with van der Waals surface area (Å²) in [5, 5.41) is 3.97. The Morgan fingerprint density at radius 1 is 1.50 bits per heavy atom. The number of nitrogens with one attached hydrogen (secondary N) is 1. The van der Waals surface area contributed by atoms with Crippen molar-refractivity contribution in [3.05, 3.63) is 28.2 Å². The van der Waals surface area contributed by atoms with Gasteiger partial charge >= 0.3 is 0 Å². The van der Waals surface area contributed by atoms with Gasteiger partial charge in [-0.15, -0.1) is 0 Å². The van der Waals surface area contributed by atoms with E-state index in [0.29, 0.717) is 0 Å². The third kappa shape index (κ3) is 3.43. The molecule has 0 saturated carbocycles. The lowest BCUT2D eigenvalue weighted by atomic mass is 10.2. The average molecular weight is 329 g/mol. The summed E-state index contributed by atoms with van der Waals surface area (Å²) in [5.74, 6) is 1.24. The van der Waals surface area contributed by atoms with Gasteiger partial charge in [-0.25, -0.2) is 0 Å². The zero-order valence-electron chi connectivity index (χ0n) is 11.1. The van der Waals surface area contributed by atoms with Gasteiger partial charge in [0, 0.05) is 35.1 Å². The molecule has 0 aliphatic carbocycles. The Balaban J connectivity index is 2.12. The maximum absolute atomic E-state index is 3.72. The quantitative estimate of drug-likeness (QED) is 0.910. The molecule has 1 aromatic carbocycles. The molecule has 18 heavy (non-hydrogen) atoms. The zero-order valence-corrected chi connectivity index (χ0v) is 13.5. The molecular formula is C14H21BrN2S. The fraction of sp³-hybridized carbons (Fsp3) is 0.571. The molecule has 1 aliphatic heterocycles. The van der Waals surface area contributed by atoms with E-state index >= 15 is 0 Å². The summed E-state index contributed by atoms with van der Waals surface area (Å²) >= 11 is 5.83. The first-order valence-corrected chi connectivity index (χ1v) is 8.38. The number of thioether (sulfide) groups is 1. The van der Waals surface area contributed by atoms with E-state index in [4.69, 9.17) is 0 Å². The highest BCUT2D eigenvalue weighted by atomic mass is 79.9. The van der Waals surface area contributed by atoms with Gasteiger partial charge in [-0.2, -0.15) is 11.8 Å². The molecule has 0 radical (unpaired) electrons. The number of hydrogen-bond acceptors (Lipinski definition) is 3. The molecule has 1 atom stereocenters. The van der Waals surface area contributed by atoms with E-state index in [1.54, 1.807) is 0 Å². The van der Waals surface area contributed by atoms with Crippen LogP contribution in [0.4, 0.5) is 5.69 Å². The van der Waals surface area contributed by atoms with Crippen molar-refractivity contribution >= 4 is 33.4 Å². The van der Waals surface area contributed by atoms with Crippen molar-refractivity contribution in [1.29, 1.82) is 0 Å². The van der Waals surface area contributed by atoms with E-state index in [-0.39, 0.29) is 0 Å². The molecule has 1 aromatic rings. The first-order chi connectivity index (χ1) is 8.74. The molecule has 2 rings (SSSR count). The van der Waals surface area contributed by atoms with Crippen LogP contribution in [-0.4, -0.2) is 31.1 Å². The molecule has 4 heteroatoms. The minimum Gasteiger partial charge on any atom is -0.369 e. The van der Waals surface area contributed by atoms with Crippen LogP contribution < -0.4 is 10.2 Å². The topological polar surface area (TPSA) is 15.3 Å². The summed E-state index contributed by atoms with van der Waals surface area (Å²) in [6.45, 7) is 5.54. The van der Waals surface area contributed by atoms with Gasteiger partial charge in [0.15, 0.2) is 0 Å². The van der Waals surface area contributed by atoms with Gasteiger partial charge in [-0.05, 0) is 47.1 Å². The van der Waals surface area contributed by atoms with E-state index in [2.05, 4.69) is 63.0 Å². The number of nitrogens with zero attached hydrogens (tertiary/aromatic N) is 1. The first-order valence-electron chi connectivity index (χ1n) is 6.54. The SMILES string of the molecule is CCC1CN(c2ccc(CNC)cc2Br)CCS1. The van der Waals surface area contributed by atoms with Crippen molar-refractivity contribution in [2.45, 2.75) is 25.1 Å². The molecule has 1 heterocycles. The van der Waals surface area contributed by atoms with Crippen LogP contribution in [0.3, 0.4) is 0 Å². The maximum atomic E-state index is 3.72. The van der Waals surface area contributed by atoms with Gasteiger partial charge in [0.2, 0.25) is 0 Å². The molecule has 0 aromatic heterocycles. The number of rotatable bonds is 4. The van der Waals surface area contributed by atoms with Gasteiger partial charge in [-0.1, -0.05) is 13.0 Å². The predicted molar refractivity (Wildman–Crippen MR) is 85.7 cm³/mol. The molecule has 0 bridgehead atoms. The Bertz CT molecular complexity index is 397. The molecule has 1 N–H and O–H groups in total. The Hall–Kier alpha value is -0.190. The maximum Gasteiger partial charge on any atom is 0.0511 e. The highest BCUT2D eigenvalue weighted by molar-refractivity contribution is 9.10. The van der Waals surface area contributed by atoms with Crippen LogP contribution in [0.5, 0.6) is 0 Å². The molecule has 0 amide bonds. The van der Waals surface area contributed by atoms with Gasteiger partial charge in [0.05, 0.1) is 5.69 Å². The Labute approximate surface area is 123 Å². The standard InChI is InChI=1S/C14H21BrN2S/c1-3-12-10-17(6-7-18-12)14-5-4-11(9-16-2)8-13(14)15/h4-5,8,12,16H,3,6-7,9-10H2,1-2H3. The first kappa shape index (κ1) is 14.2. The van der Waals surface area contributed by atoms with Gasteiger partial charge in [0.25, 0.3) is 0 Å². The lowest BCUT2D eigenvalue weighted by Crippen LogP contribution is -2.37. The smallest absolute Gasteiger partial charge is 0.0511 e. The van der Waals surface area contributed by atoms with Crippen molar-refractivity contribution in [3.8, 4) is 0 Å². The van der Waals surface area contributed by atoms with E-state index in [1.165, 1.54) is 34.4 Å². The third-order valence-electron chi connectivity index (χ3n) is 3.33. The van der Waals surface area contributed by atoms with Crippen LogP contribution in [0.2, 0.25) is 0 Å². The van der Waals surface area contributed by atoms with E-state index in [9.17, 15) is 0 Å². The fourth-order valence-corrected chi connectivity index (χ4v) is 4.16. The summed E-state index contributed by atoms with van der Waals surface area (Å²) in [7, 11) is 1.98. The second kappa shape index (κ2) is 6.83. The van der Waals surface area contributed by atoms with Crippen molar-refractivity contribution in [1.82, 2.24) is 5.32 Å². The summed E-state index contributed by atoms with van der Waals surface area (Å²) < 4.78 is 1.22.